The highest BCUT2D eigenvalue weighted by Gasteiger charge is 2.26. The van der Waals surface area contributed by atoms with Crippen LogP contribution in [0, 0.1) is 6.92 Å². The molecule has 0 aliphatic carbocycles. The number of hydrogen-bond acceptors (Lipinski definition) is 5. The number of ether oxygens (including phenoxy) is 1. The molecule has 32 heavy (non-hydrogen) atoms. The Balaban J connectivity index is 1.73. The number of nitrogens with one attached hydrogen (secondary N) is 2. The molecule has 3 aromatic rings. The van der Waals surface area contributed by atoms with Crippen LogP contribution < -0.4 is 10.6 Å². The number of halogens is 1. The number of carbonyl (C=O) groups excluding carboxylic acids is 3. The molecule has 0 bridgehead atoms. The Morgan fingerprint density at radius 2 is 1.69 bits per heavy atom. The smallest absolute Gasteiger partial charge is 0.341 e. The Morgan fingerprint density at radius 1 is 1.00 bits per heavy atom. The van der Waals surface area contributed by atoms with E-state index >= 15 is 0 Å². The van der Waals surface area contributed by atoms with Crippen LogP contribution in [0.2, 0.25) is 5.02 Å². The van der Waals surface area contributed by atoms with Gasteiger partial charge in [-0.05, 0) is 42.2 Å². The van der Waals surface area contributed by atoms with E-state index in [1.807, 2.05) is 30.3 Å². The van der Waals surface area contributed by atoms with Crippen molar-refractivity contribution in [1.29, 1.82) is 0 Å². The third kappa shape index (κ3) is 5.96. The fourth-order valence-electron chi connectivity index (χ4n) is 3.17. The summed E-state index contributed by atoms with van der Waals surface area (Å²) in [5.41, 5.74) is 2.55. The van der Waals surface area contributed by atoms with Gasteiger partial charge in [-0.3, -0.25) is 9.59 Å². The average Bonchev–Trinajstić information content (AvgIpc) is 3.11. The summed E-state index contributed by atoms with van der Waals surface area (Å²) in [5, 5.41) is 6.51. The summed E-state index contributed by atoms with van der Waals surface area (Å²) in [6, 6.07) is 16.7. The molecule has 0 radical (unpaired) electrons. The zero-order chi connectivity index (χ0) is 23.1. The molecular weight excluding hydrogens is 448 g/mol. The molecule has 0 aliphatic heterocycles. The molecule has 0 atom stereocenters. The Morgan fingerprint density at radius 3 is 2.34 bits per heavy atom. The second-order valence-electron chi connectivity index (χ2n) is 7.09. The molecule has 2 aromatic carbocycles. The molecule has 1 heterocycles. The van der Waals surface area contributed by atoms with Crippen molar-refractivity contribution in [3.8, 4) is 0 Å². The van der Waals surface area contributed by atoms with Gasteiger partial charge in [0.2, 0.25) is 5.91 Å². The van der Waals surface area contributed by atoms with Crippen LogP contribution in [0.4, 0.5) is 5.00 Å². The van der Waals surface area contributed by atoms with Gasteiger partial charge in [-0.1, -0.05) is 54.1 Å². The zero-order valence-electron chi connectivity index (χ0n) is 17.7. The van der Waals surface area contributed by atoms with E-state index in [4.69, 9.17) is 16.3 Å². The van der Waals surface area contributed by atoms with Gasteiger partial charge >= 0.3 is 5.97 Å². The molecule has 1 aromatic heterocycles. The van der Waals surface area contributed by atoms with Crippen molar-refractivity contribution in [3.63, 3.8) is 0 Å². The Kier molecular flexibility index (Phi) is 8.03. The van der Waals surface area contributed by atoms with Crippen LogP contribution in [0.3, 0.4) is 0 Å². The Hall–Kier alpha value is -3.16. The molecule has 2 N–H and O–H groups in total. The third-order valence-corrected chi connectivity index (χ3v) is 6.27. The normalized spacial score (nSPS) is 10.5. The minimum absolute atomic E-state index is 0.104. The molecule has 0 saturated heterocycles. The zero-order valence-corrected chi connectivity index (χ0v) is 19.3. The minimum Gasteiger partial charge on any atom is -0.465 e. The number of methoxy groups -OCH3 is 1. The summed E-state index contributed by atoms with van der Waals surface area (Å²) in [4.78, 5) is 38.0. The summed E-state index contributed by atoms with van der Waals surface area (Å²) in [6.07, 6.45) is 0.791. The van der Waals surface area contributed by atoms with Gasteiger partial charge in [0, 0.05) is 11.6 Å². The van der Waals surface area contributed by atoms with Gasteiger partial charge in [0.05, 0.1) is 24.0 Å². The van der Waals surface area contributed by atoms with Crippen molar-refractivity contribution in [1.82, 2.24) is 5.32 Å². The highest BCUT2D eigenvalue weighted by molar-refractivity contribution is 7.18. The predicted octanol–water partition coefficient (Wildman–Crippen LogP) is 4.65. The molecule has 0 fully saturated rings. The van der Waals surface area contributed by atoms with Crippen molar-refractivity contribution in [2.45, 2.75) is 19.8 Å². The van der Waals surface area contributed by atoms with E-state index in [0.717, 1.165) is 22.5 Å². The summed E-state index contributed by atoms with van der Waals surface area (Å²) in [5.74, 6) is -1.22. The maximum Gasteiger partial charge on any atom is 0.341 e. The van der Waals surface area contributed by atoms with Crippen molar-refractivity contribution >= 4 is 45.7 Å². The van der Waals surface area contributed by atoms with E-state index in [0.29, 0.717) is 33.4 Å². The first-order valence-corrected chi connectivity index (χ1v) is 11.2. The SMILES string of the molecule is COC(=O)c1c(NC(=O)Cc2ccc(Cl)cc2)sc(C(=O)NCCc2ccccc2)c1C. The summed E-state index contributed by atoms with van der Waals surface area (Å²) < 4.78 is 4.87. The summed E-state index contributed by atoms with van der Waals surface area (Å²) in [6.45, 7) is 2.12. The Labute approximate surface area is 195 Å². The molecule has 0 aliphatic rings. The number of carbonyl (C=O) groups is 3. The lowest BCUT2D eigenvalue weighted by Crippen LogP contribution is -2.25. The fraction of sp³-hybridized carbons (Fsp3) is 0.208. The molecule has 166 valence electrons. The second kappa shape index (κ2) is 10.9. The van der Waals surface area contributed by atoms with Crippen molar-refractivity contribution in [3.05, 3.63) is 86.8 Å². The predicted molar refractivity (Wildman–Crippen MR) is 127 cm³/mol. The van der Waals surface area contributed by atoms with Gasteiger partial charge < -0.3 is 15.4 Å². The number of rotatable bonds is 8. The van der Waals surface area contributed by atoms with Gasteiger partial charge in [0.1, 0.15) is 5.00 Å². The van der Waals surface area contributed by atoms with Crippen molar-refractivity contribution in [2.75, 3.05) is 19.0 Å². The molecular formula is C24H23ClN2O4S. The van der Waals surface area contributed by atoms with Gasteiger partial charge in [-0.25, -0.2) is 4.79 Å². The number of anilines is 1. The lowest BCUT2D eigenvalue weighted by Gasteiger charge is -2.06. The van der Waals surface area contributed by atoms with E-state index in [9.17, 15) is 14.4 Å². The van der Waals surface area contributed by atoms with Crippen molar-refractivity contribution < 1.29 is 19.1 Å². The first-order valence-electron chi connectivity index (χ1n) is 9.97. The van der Waals surface area contributed by atoms with Gasteiger partial charge in [0.25, 0.3) is 5.91 Å². The maximum absolute atomic E-state index is 12.8. The molecule has 8 heteroatoms. The molecule has 6 nitrogen and oxygen atoms in total. The Bertz CT molecular complexity index is 1110. The molecule has 0 saturated carbocycles. The van der Waals surface area contributed by atoms with Gasteiger partial charge in [-0.15, -0.1) is 11.3 Å². The number of thiophene rings is 1. The van der Waals surface area contributed by atoms with E-state index in [1.54, 1.807) is 31.2 Å². The second-order valence-corrected chi connectivity index (χ2v) is 8.55. The van der Waals surface area contributed by atoms with E-state index in [1.165, 1.54) is 7.11 Å². The standard InChI is InChI=1S/C24H23ClN2O4S/c1-15-20(24(30)31-2)23(27-19(28)14-17-8-10-18(25)11-9-17)32-21(15)22(29)26-13-12-16-6-4-3-5-7-16/h3-11H,12-14H2,1-2H3,(H,26,29)(H,27,28). The minimum atomic E-state index is -0.608. The van der Waals surface area contributed by atoms with Crippen LogP contribution in [-0.2, 0) is 22.4 Å². The maximum atomic E-state index is 12.8. The number of amides is 2. The van der Waals surface area contributed by atoms with Crippen LogP contribution >= 0.6 is 22.9 Å². The van der Waals surface area contributed by atoms with Crippen LogP contribution in [0.5, 0.6) is 0 Å². The topological polar surface area (TPSA) is 84.5 Å². The summed E-state index contributed by atoms with van der Waals surface area (Å²) in [7, 11) is 1.26. The molecule has 0 unspecified atom stereocenters. The number of esters is 1. The van der Waals surface area contributed by atoms with Crippen LogP contribution in [-0.4, -0.2) is 31.4 Å². The monoisotopic (exact) mass is 470 g/mol. The lowest BCUT2D eigenvalue weighted by atomic mass is 10.1. The number of benzene rings is 2. The highest BCUT2D eigenvalue weighted by atomic mass is 35.5. The first kappa shape index (κ1) is 23.5. The lowest BCUT2D eigenvalue weighted by molar-refractivity contribution is -0.115. The summed E-state index contributed by atoms with van der Waals surface area (Å²) >= 11 is 6.94. The van der Waals surface area contributed by atoms with E-state index in [2.05, 4.69) is 10.6 Å². The van der Waals surface area contributed by atoms with Crippen LogP contribution in [0.15, 0.2) is 54.6 Å². The third-order valence-electron chi connectivity index (χ3n) is 4.82. The van der Waals surface area contributed by atoms with Gasteiger partial charge in [-0.2, -0.15) is 0 Å². The van der Waals surface area contributed by atoms with Crippen molar-refractivity contribution in [2.24, 2.45) is 0 Å². The highest BCUT2D eigenvalue weighted by Crippen LogP contribution is 2.34. The number of hydrogen-bond donors (Lipinski definition) is 2. The molecule has 3 rings (SSSR count). The largest absolute Gasteiger partial charge is 0.465 e. The molecule has 0 spiro atoms. The van der Waals surface area contributed by atoms with E-state index in [-0.39, 0.29) is 23.8 Å². The van der Waals surface area contributed by atoms with Crippen LogP contribution in [0.1, 0.15) is 36.7 Å². The molecule has 2 amide bonds. The van der Waals surface area contributed by atoms with Crippen LogP contribution in [0.25, 0.3) is 0 Å². The first-order chi connectivity index (χ1) is 15.4. The van der Waals surface area contributed by atoms with E-state index < -0.39 is 5.97 Å². The van der Waals surface area contributed by atoms with Gasteiger partial charge in [0.15, 0.2) is 0 Å². The fourth-order valence-corrected chi connectivity index (χ4v) is 4.42. The average molecular weight is 471 g/mol. The quantitative estimate of drug-likeness (QED) is 0.469.